The van der Waals surface area contributed by atoms with Crippen molar-refractivity contribution in [2.24, 2.45) is 11.3 Å². The Kier molecular flexibility index (Phi) is 4.48. The van der Waals surface area contributed by atoms with E-state index in [2.05, 4.69) is 26.1 Å². The summed E-state index contributed by atoms with van der Waals surface area (Å²) in [4.78, 5) is 0. The van der Waals surface area contributed by atoms with E-state index in [1.807, 2.05) is 0 Å². The zero-order valence-corrected chi connectivity index (χ0v) is 11.8. The van der Waals surface area contributed by atoms with E-state index in [1.165, 1.54) is 38.5 Å². The summed E-state index contributed by atoms with van der Waals surface area (Å²) in [6.45, 7) is 9.08. The van der Waals surface area contributed by atoms with Gasteiger partial charge in [0.1, 0.15) is 0 Å². The molecular formula is C15H29NO. The van der Waals surface area contributed by atoms with E-state index >= 15 is 0 Å². The summed E-state index contributed by atoms with van der Waals surface area (Å²) in [7, 11) is 0. The van der Waals surface area contributed by atoms with Crippen LogP contribution in [0.5, 0.6) is 0 Å². The second-order valence-electron chi connectivity index (χ2n) is 6.94. The maximum atomic E-state index is 5.58. The normalized spacial score (nSPS) is 35.8. The van der Waals surface area contributed by atoms with Gasteiger partial charge in [-0.15, -0.1) is 0 Å². The molecule has 2 fully saturated rings. The van der Waals surface area contributed by atoms with Crippen molar-refractivity contribution in [3.63, 3.8) is 0 Å². The van der Waals surface area contributed by atoms with Crippen molar-refractivity contribution in [3.8, 4) is 0 Å². The van der Waals surface area contributed by atoms with Crippen LogP contribution in [-0.2, 0) is 4.74 Å². The molecule has 0 amide bonds. The van der Waals surface area contributed by atoms with Gasteiger partial charge in [-0.2, -0.15) is 0 Å². The first-order valence-corrected chi connectivity index (χ1v) is 7.41. The first kappa shape index (κ1) is 13.4. The lowest BCUT2D eigenvalue weighted by Crippen LogP contribution is -2.50. The molecule has 1 aliphatic carbocycles. The zero-order valence-electron chi connectivity index (χ0n) is 11.8. The molecule has 2 rings (SSSR count). The third-order valence-corrected chi connectivity index (χ3v) is 4.49. The Morgan fingerprint density at radius 1 is 1.00 bits per heavy atom. The van der Waals surface area contributed by atoms with Crippen LogP contribution in [-0.4, -0.2) is 25.3 Å². The van der Waals surface area contributed by atoms with Crippen molar-refractivity contribution in [2.45, 2.75) is 71.4 Å². The minimum absolute atomic E-state index is 0.438. The van der Waals surface area contributed by atoms with Crippen molar-refractivity contribution in [1.82, 2.24) is 5.32 Å². The highest BCUT2D eigenvalue weighted by molar-refractivity contribution is 4.90. The molecule has 2 heteroatoms. The Bertz CT molecular complexity index is 228. The summed E-state index contributed by atoms with van der Waals surface area (Å²) in [5, 5.41) is 3.89. The minimum Gasteiger partial charge on any atom is -0.380 e. The number of nitrogens with one attached hydrogen (secondary N) is 1. The van der Waals surface area contributed by atoms with Crippen molar-refractivity contribution >= 4 is 0 Å². The molecular weight excluding hydrogens is 210 g/mol. The molecule has 3 unspecified atom stereocenters. The average Bonchev–Trinajstić information content (AvgIpc) is 2.30. The second kappa shape index (κ2) is 5.71. The van der Waals surface area contributed by atoms with Crippen LogP contribution in [0.4, 0.5) is 0 Å². The highest BCUT2D eigenvalue weighted by Gasteiger charge is 2.35. The molecule has 2 nitrogen and oxygen atoms in total. The highest BCUT2D eigenvalue weighted by Crippen LogP contribution is 2.38. The molecule has 1 heterocycles. The van der Waals surface area contributed by atoms with Crippen LogP contribution in [0.2, 0.25) is 0 Å². The fourth-order valence-corrected chi connectivity index (χ4v) is 3.54. The molecule has 17 heavy (non-hydrogen) atoms. The van der Waals surface area contributed by atoms with Crippen LogP contribution in [0.15, 0.2) is 0 Å². The van der Waals surface area contributed by atoms with Gasteiger partial charge in [-0.25, -0.2) is 0 Å². The van der Waals surface area contributed by atoms with Crippen LogP contribution in [0.3, 0.4) is 0 Å². The maximum Gasteiger partial charge on any atom is 0.0619 e. The van der Waals surface area contributed by atoms with Crippen molar-refractivity contribution in [1.29, 1.82) is 0 Å². The molecule has 1 aliphatic heterocycles. The molecule has 0 spiro atoms. The lowest BCUT2D eigenvalue weighted by atomic mass is 9.69. The molecule has 0 aromatic heterocycles. The lowest BCUT2D eigenvalue weighted by Gasteiger charge is -2.43. The Balaban J connectivity index is 1.91. The van der Waals surface area contributed by atoms with E-state index in [-0.39, 0.29) is 0 Å². The third kappa shape index (κ3) is 3.69. The van der Waals surface area contributed by atoms with Crippen molar-refractivity contribution in [2.75, 3.05) is 13.2 Å². The van der Waals surface area contributed by atoms with Crippen LogP contribution in [0.25, 0.3) is 0 Å². The standard InChI is InChI=1S/C15H29NO/c1-15(2,3)13-8-4-5-9-14(13)16-12-7-6-10-17-11-12/h12-14,16H,4-11H2,1-3H3. The predicted molar refractivity (Wildman–Crippen MR) is 72.2 cm³/mol. The Morgan fingerprint density at radius 3 is 2.41 bits per heavy atom. The van der Waals surface area contributed by atoms with E-state index in [1.54, 1.807) is 0 Å². The van der Waals surface area contributed by atoms with Gasteiger partial charge in [0.05, 0.1) is 6.61 Å². The van der Waals surface area contributed by atoms with E-state index in [0.29, 0.717) is 11.5 Å². The quantitative estimate of drug-likeness (QED) is 0.798. The molecule has 0 aromatic carbocycles. The molecule has 1 saturated heterocycles. The van der Waals surface area contributed by atoms with Gasteiger partial charge < -0.3 is 10.1 Å². The van der Waals surface area contributed by atoms with E-state index in [9.17, 15) is 0 Å². The van der Waals surface area contributed by atoms with E-state index < -0.39 is 0 Å². The number of hydrogen-bond donors (Lipinski definition) is 1. The van der Waals surface area contributed by atoms with Gasteiger partial charge in [0, 0.05) is 18.7 Å². The molecule has 1 saturated carbocycles. The first-order valence-electron chi connectivity index (χ1n) is 7.41. The summed E-state index contributed by atoms with van der Waals surface area (Å²) in [6.07, 6.45) is 8.10. The SMILES string of the molecule is CC(C)(C)C1CCCCC1NC1CCCOC1. The van der Waals surface area contributed by atoms with Crippen LogP contribution in [0, 0.1) is 11.3 Å². The summed E-state index contributed by atoms with van der Waals surface area (Å²) >= 11 is 0. The van der Waals surface area contributed by atoms with Crippen LogP contribution < -0.4 is 5.32 Å². The largest absolute Gasteiger partial charge is 0.380 e. The van der Waals surface area contributed by atoms with Gasteiger partial charge in [-0.1, -0.05) is 33.6 Å². The molecule has 0 radical (unpaired) electrons. The zero-order chi connectivity index (χ0) is 12.3. The monoisotopic (exact) mass is 239 g/mol. The van der Waals surface area contributed by atoms with Gasteiger partial charge in [0.15, 0.2) is 0 Å². The molecule has 2 aliphatic rings. The number of ether oxygens (including phenoxy) is 1. The average molecular weight is 239 g/mol. The fourth-order valence-electron chi connectivity index (χ4n) is 3.54. The van der Waals surface area contributed by atoms with Crippen LogP contribution in [0.1, 0.15) is 59.3 Å². The van der Waals surface area contributed by atoms with Crippen LogP contribution >= 0.6 is 0 Å². The predicted octanol–water partition coefficient (Wildman–Crippen LogP) is 3.36. The molecule has 100 valence electrons. The maximum absolute atomic E-state index is 5.58. The summed E-state index contributed by atoms with van der Waals surface area (Å²) in [5.41, 5.74) is 0.438. The molecule has 3 atom stereocenters. The number of hydrogen-bond acceptors (Lipinski definition) is 2. The summed E-state index contributed by atoms with van der Waals surface area (Å²) < 4.78 is 5.58. The minimum atomic E-state index is 0.438. The molecule has 1 N–H and O–H groups in total. The smallest absolute Gasteiger partial charge is 0.0619 e. The first-order chi connectivity index (χ1) is 8.07. The Labute approximate surface area is 107 Å². The Hall–Kier alpha value is -0.0800. The van der Waals surface area contributed by atoms with Gasteiger partial charge in [-0.3, -0.25) is 0 Å². The van der Waals surface area contributed by atoms with Gasteiger partial charge in [0.25, 0.3) is 0 Å². The summed E-state index contributed by atoms with van der Waals surface area (Å²) in [5.74, 6) is 0.832. The van der Waals surface area contributed by atoms with Crippen molar-refractivity contribution in [3.05, 3.63) is 0 Å². The second-order valence-corrected chi connectivity index (χ2v) is 6.94. The van der Waals surface area contributed by atoms with Gasteiger partial charge >= 0.3 is 0 Å². The van der Waals surface area contributed by atoms with Crippen molar-refractivity contribution < 1.29 is 4.74 Å². The molecule has 0 bridgehead atoms. The van der Waals surface area contributed by atoms with E-state index in [4.69, 9.17) is 4.74 Å². The highest BCUT2D eigenvalue weighted by atomic mass is 16.5. The fraction of sp³-hybridized carbons (Fsp3) is 1.00. The molecule has 0 aromatic rings. The third-order valence-electron chi connectivity index (χ3n) is 4.49. The summed E-state index contributed by atoms with van der Waals surface area (Å²) in [6, 6.07) is 1.33. The topological polar surface area (TPSA) is 21.3 Å². The Morgan fingerprint density at radius 2 is 1.76 bits per heavy atom. The number of rotatable bonds is 2. The van der Waals surface area contributed by atoms with Gasteiger partial charge in [-0.05, 0) is 37.0 Å². The van der Waals surface area contributed by atoms with Gasteiger partial charge in [0.2, 0.25) is 0 Å². The van der Waals surface area contributed by atoms with E-state index in [0.717, 1.165) is 25.2 Å². The lowest BCUT2D eigenvalue weighted by molar-refractivity contribution is 0.0485.